The SMILES string of the molecule is C[C@H]1CCCC[C@@H]1NC(=O)/C=C/c1cccc(Br)c1. The quantitative estimate of drug-likeness (QED) is 0.832. The minimum Gasteiger partial charge on any atom is -0.350 e. The molecule has 0 aromatic heterocycles. The molecule has 1 fully saturated rings. The minimum atomic E-state index is 0.0127. The number of nitrogens with one attached hydrogen (secondary N) is 1. The minimum absolute atomic E-state index is 0.0127. The molecule has 1 saturated carbocycles. The van der Waals surface area contributed by atoms with Crippen molar-refractivity contribution in [3.8, 4) is 0 Å². The van der Waals surface area contributed by atoms with Gasteiger partial charge in [-0.05, 0) is 42.5 Å². The molecule has 2 nitrogen and oxygen atoms in total. The molecule has 0 spiro atoms. The normalized spacial score (nSPS) is 23.5. The van der Waals surface area contributed by atoms with E-state index in [1.807, 2.05) is 30.3 Å². The topological polar surface area (TPSA) is 29.1 Å². The van der Waals surface area contributed by atoms with Gasteiger partial charge in [-0.3, -0.25) is 4.79 Å². The van der Waals surface area contributed by atoms with Gasteiger partial charge in [0, 0.05) is 16.6 Å². The fourth-order valence-corrected chi connectivity index (χ4v) is 2.96. The summed E-state index contributed by atoms with van der Waals surface area (Å²) < 4.78 is 1.02. The van der Waals surface area contributed by atoms with Gasteiger partial charge in [0.15, 0.2) is 0 Å². The molecule has 1 aliphatic carbocycles. The van der Waals surface area contributed by atoms with Crippen molar-refractivity contribution in [3.63, 3.8) is 0 Å². The Morgan fingerprint density at radius 2 is 2.16 bits per heavy atom. The molecule has 3 heteroatoms. The van der Waals surface area contributed by atoms with Crippen molar-refractivity contribution in [3.05, 3.63) is 40.4 Å². The van der Waals surface area contributed by atoms with Crippen LogP contribution in [0.15, 0.2) is 34.8 Å². The molecule has 0 bridgehead atoms. The zero-order valence-electron chi connectivity index (χ0n) is 11.2. The van der Waals surface area contributed by atoms with Gasteiger partial charge in [-0.2, -0.15) is 0 Å². The van der Waals surface area contributed by atoms with Crippen LogP contribution < -0.4 is 5.32 Å². The lowest BCUT2D eigenvalue weighted by Gasteiger charge is -2.29. The highest BCUT2D eigenvalue weighted by Gasteiger charge is 2.21. The number of benzene rings is 1. The molecule has 2 rings (SSSR count). The van der Waals surface area contributed by atoms with E-state index in [-0.39, 0.29) is 5.91 Å². The molecule has 1 amide bonds. The van der Waals surface area contributed by atoms with Crippen LogP contribution in [0.2, 0.25) is 0 Å². The lowest BCUT2D eigenvalue weighted by Crippen LogP contribution is -2.40. The van der Waals surface area contributed by atoms with Crippen LogP contribution in [-0.4, -0.2) is 11.9 Å². The summed E-state index contributed by atoms with van der Waals surface area (Å²) in [6.45, 7) is 2.22. The smallest absolute Gasteiger partial charge is 0.244 e. The van der Waals surface area contributed by atoms with Gasteiger partial charge in [0.2, 0.25) is 5.91 Å². The van der Waals surface area contributed by atoms with Gasteiger partial charge >= 0.3 is 0 Å². The van der Waals surface area contributed by atoms with Gasteiger partial charge in [-0.15, -0.1) is 0 Å². The fourth-order valence-electron chi connectivity index (χ4n) is 2.54. The average molecular weight is 322 g/mol. The van der Waals surface area contributed by atoms with Gasteiger partial charge in [-0.25, -0.2) is 0 Å². The van der Waals surface area contributed by atoms with E-state index in [0.717, 1.165) is 16.5 Å². The molecule has 2 atom stereocenters. The zero-order chi connectivity index (χ0) is 13.7. The Morgan fingerprint density at radius 3 is 2.89 bits per heavy atom. The monoisotopic (exact) mass is 321 g/mol. The van der Waals surface area contributed by atoms with Crippen molar-refractivity contribution in [2.75, 3.05) is 0 Å². The molecule has 1 aromatic carbocycles. The standard InChI is InChI=1S/C16H20BrNO/c1-12-5-2-3-8-15(12)18-16(19)10-9-13-6-4-7-14(17)11-13/h4,6-7,9-12,15H,2-3,5,8H2,1H3,(H,18,19)/b10-9+/t12-,15-/m0/s1. The van der Waals surface area contributed by atoms with Crippen molar-refractivity contribution in [1.29, 1.82) is 0 Å². The van der Waals surface area contributed by atoms with E-state index in [2.05, 4.69) is 28.2 Å². The van der Waals surface area contributed by atoms with Crippen LogP contribution in [0.5, 0.6) is 0 Å². The highest BCUT2D eigenvalue weighted by molar-refractivity contribution is 9.10. The molecule has 1 aliphatic rings. The maximum absolute atomic E-state index is 11.9. The number of amides is 1. The second kappa shape index (κ2) is 6.90. The maximum Gasteiger partial charge on any atom is 0.244 e. The van der Waals surface area contributed by atoms with Crippen LogP contribution in [0.4, 0.5) is 0 Å². The second-order valence-corrected chi connectivity index (χ2v) is 6.18. The van der Waals surface area contributed by atoms with Crippen molar-refractivity contribution >= 4 is 27.9 Å². The first-order chi connectivity index (χ1) is 9.15. The molecule has 1 N–H and O–H groups in total. The van der Waals surface area contributed by atoms with Crippen LogP contribution >= 0.6 is 15.9 Å². The summed E-state index contributed by atoms with van der Waals surface area (Å²) in [5, 5.41) is 3.12. The van der Waals surface area contributed by atoms with Crippen molar-refractivity contribution in [1.82, 2.24) is 5.32 Å². The summed E-state index contributed by atoms with van der Waals surface area (Å²) in [7, 11) is 0. The highest BCUT2D eigenvalue weighted by atomic mass is 79.9. The molecule has 0 saturated heterocycles. The first kappa shape index (κ1) is 14.3. The Labute approximate surface area is 123 Å². The van der Waals surface area contributed by atoms with E-state index >= 15 is 0 Å². The molecule has 102 valence electrons. The van der Waals surface area contributed by atoms with E-state index in [1.54, 1.807) is 6.08 Å². The predicted octanol–water partition coefficient (Wildman–Crippen LogP) is 4.16. The highest BCUT2D eigenvalue weighted by Crippen LogP contribution is 2.23. The Kier molecular flexibility index (Phi) is 5.20. The van der Waals surface area contributed by atoms with Gasteiger partial charge < -0.3 is 5.32 Å². The van der Waals surface area contributed by atoms with Crippen LogP contribution in [0, 0.1) is 5.92 Å². The van der Waals surface area contributed by atoms with Crippen LogP contribution in [0.1, 0.15) is 38.2 Å². The van der Waals surface area contributed by atoms with E-state index in [1.165, 1.54) is 19.3 Å². The predicted molar refractivity (Wildman–Crippen MR) is 82.7 cm³/mol. The maximum atomic E-state index is 11.9. The van der Waals surface area contributed by atoms with Gasteiger partial charge in [-0.1, -0.05) is 47.8 Å². The third-order valence-corrected chi connectivity index (χ3v) is 4.21. The van der Waals surface area contributed by atoms with E-state index in [4.69, 9.17) is 0 Å². The van der Waals surface area contributed by atoms with Crippen molar-refractivity contribution in [2.45, 2.75) is 38.6 Å². The Bertz CT molecular complexity index is 470. The van der Waals surface area contributed by atoms with Crippen molar-refractivity contribution < 1.29 is 4.79 Å². The summed E-state index contributed by atoms with van der Waals surface area (Å²) in [5.74, 6) is 0.607. The molecular formula is C16H20BrNO. The number of hydrogen-bond acceptors (Lipinski definition) is 1. The number of carbonyl (C=O) groups is 1. The van der Waals surface area contributed by atoms with Crippen LogP contribution in [0.3, 0.4) is 0 Å². The van der Waals surface area contributed by atoms with Gasteiger partial charge in [0.05, 0.1) is 0 Å². The van der Waals surface area contributed by atoms with E-state index in [9.17, 15) is 4.79 Å². The Balaban J connectivity index is 1.90. The second-order valence-electron chi connectivity index (χ2n) is 5.27. The van der Waals surface area contributed by atoms with Gasteiger partial charge in [0.25, 0.3) is 0 Å². The average Bonchev–Trinajstić information content (AvgIpc) is 2.39. The molecule has 1 aromatic rings. The fraction of sp³-hybridized carbons (Fsp3) is 0.438. The first-order valence-electron chi connectivity index (χ1n) is 6.89. The molecule has 0 unspecified atom stereocenters. The van der Waals surface area contributed by atoms with E-state index in [0.29, 0.717) is 12.0 Å². The number of carbonyl (C=O) groups excluding carboxylic acids is 1. The third-order valence-electron chi connectivity index (χ3n) is 3.71. The number of halogens is 1. The lowest BCUT2D eigenvalue weighted by atomic mass is 9.86. The molecule has 0 heterocycles. The number of rotatable bonds is 3. The molecular weight excluding hydrogens is 302 g/mol. The Hall–Kier alpha value is -1.09. The molecule has 0 aliphatic heterocycles. The van der Waals surface area contributed by atoms with Gasteiger partial charge in [0.1, 0.15) is 0 Å². The summed E-state index contributed by atoms with van der Waals surface area (Å²) in [5.41, 5.74) is 1.03. The number of hydrogen-bond donors (Lipinski definition) is 1. The third kappa shape index (κ3) is 4.50. The summed E-state index contributed by atoms with van der Waals surface area (Å²) in [6, 6.07) is 8.25. The lowest BCUT2D eigenvalue weighted by molar-refractivity contribution is -0.117. The molecule has 19 heavy (non-hydrogen) atoms. The summed E-state index contributed by atoms with van der Waals surface area (Å²) >= 11 is 3.42. The van der Waals surface area contributed by atoms with Crippen molar-refractivity contribution in [2.24, 2.45) is 5.92 Å². The zero-order valence-corrected chi connectivity index (χ0v) is 12.8. The first-order valence-corrected chi connectivity index (χ1v) is 7.68. The summed E-state index contributed by atoms with van der Waals surface area (Å²) in [6.07, 6.45) is 8.33. The van der Waals surface area contributed by atoms with Crippen LogP contribution in [0.25, 0.3) is 6.08 Å². The largest absolute Gasteiger partial charge is 0.350 e. The van der Waals surface area contributed by atoms with Crippen LogP contribution in [-0.2, 0) is 4.79 Å². The molecule has 0 radical (unpaired) electrons. The Morgan fingerprint density at radius 1 is 1.37 bits per heavy atom. The van der Waals surface area contributed by atoms with E-state index < -0.39 is 0 Å². The summed E-state index contributed by atoms with van der Waals surface area (Å²) in [4.78, 5) is 11.9.